The third-order valence-corrected chi connectivity index (χ3v) is 4.61. The van der Waals surface area contributed by atoms with Crippen LogP contribution in [0.1, 0.15) is 18.9 Å². The van der Waals surface area contributed by atoms with Crippen molar-refractivity contribution in [2.45, 2.75) is 19.9 Å². The van der Waals surface area contributed by atoms with Crippen LogP contribution in [-0.2, 0) is 16.1 Å². The highest BCUT2D eigenvalue weighted by Gasteiger charge is 2.37. The molecule has 2 amide bonds. The fourth-order valence-corrected chi connectivity index (χ4v) is 3.11. The van der Waals surface area contributed by atoms with Crippen molar-refractivity contribution in [3.8, 4) is 5.75 Å². The Bertz CT molecular complexity index is 775. The summed E-state index contributed by atoms with van der Waals surface area (Å²) in [6.07, 6.45) is 0.510. The second-order valence-electron chi connectivity index (χ2n) is 6.10. The zero-order chi connectivity index (χ0) is 18.5. The predicted octanol–water partition coefficient (Wildman–Crippen LogP) is 3.41. The van der Waals surface area contributed by atoms with Gasteiger partial charge in [0.2, 0.25) is 11.8 Å². The molecule has 0 radical (unpaired) electrons. The van der Waals surface area contributed by atoms with Crippen molar-refractivity contribution in [2.75, 3.05) is 18.1 Å². The van der Waals surface area contributed by atoms with Gasteiger partial charge in [-0.1, -0.05) is 23.7 Å². The second-order valence-corrected chi connectivity index (χ2v) is 6.54. The Kier molecular flexibility index (Phi) is 5.78. The Hall–Kier alpha value is -2.53. The van der Waals surface area contributed by atoms with Crippen LogP contribution in [0.2, 0.25) is 5.02 Å². The van der Waals surface area contributed by atoms with Gasteiger partial charge in [0.25, 0.3) is 0 Å². The Morgan fingerprint density at radius 3 is 2.54 bits per heavy atom. The Morgan fingerprint density at radius 2 is 1.88 bits per heavy atom. The van der Waals surface area contributed by atoms with E-state index in [0.717, 1.165) is 17.0 Å². The minimum atomic E-state index is -0.645. The number of ether oxygens (including phenoxy) is 1. The van der Waals surface area contributed by atoms with Crippen LogP contribution in [0.4, 0.5) is 5.69 Å². The van der Waals surface area contributed by atoms with Crippen LogP contribution in [0.5, 0.6) is 5.75 Å². The lowest BCUT2D eigenvalue weighted by Gasteiger charge is -2.17. The fraction of sp³-hybridized carbons (Fsp3) is 0.300. The molecule has 2 aromatic carbocycles. The third-order valence-electron chi connectivity index (χ3n) is 4.36. The normalized spacial score (nSPS) is 16.6. The summed E-state index contributed by atoms with van der Waals surface area (Å²) in [6.45, 7) is 3.46. The minimum Gasteiger partial charge on any atom is -0.494 e. The molecule has 1 saturated heterocycles. The quantitative estimate of drug-likeness (QED) is 0.790. The maximum absolute atomic E-state index is 12.6. The van der Waals surface area contributed by atoms with Crippen LogP contribution in [0.3, 0.4) is 0 Å². The molecule has 1 aliphatic rings. The average molecular weight is 373 g/mol. The van der Waals surface area contributed by atoms with Crippen LogP contribution in [0.25, 0.3) is 0 Å². The van der Waals surface area contributed by atoms with Crippen LogP contribution in [-0.4, -0.2) is 25.0 Å². The van der Waals surface area contributed by atoms with Crippen LogP contribution in [0, 0.1) is 5.92 Å². The van der Waals surface area contributed by atoms with E-state index in [1.807, 2.05) is 31.2 Å². The number of anilines is 1. The molecule has 0 aliphatic carbocycles. The first-order valence-electron chi connectivity index (χ1n) is 8.65. The minimum absolute atomic E-state index is 0.170. The zero-order valence-electron chi connectivity index (χ0n) is 14.6. The zero-order valence-corrected chi connectivity index (χ0v) is 15.3. The summed E-state index contributed by atoms with van der Waals surface area (Å²) >= 11 is 5.89. The SMILES string of the molecule is CCOc1ccc(CNC(=O)[C@H]2CCN(c3ccc(Cl)cc3)C2=O)cc1. The number of carbonyl (C=O) groups is 2. The molecule has 1 fully saturated rings. The van der Waals surface area contributed by atoms with E-state index in [4.69, 9.17) is 16.3 Å². The molecule has 0 spiro atoms. The summed E-state index contributed by atoms with van der Waals surface area (Å²) in [5.74, 6) is -0.252. The number of rotatable bonds is 6. The summed E-state index contributed by atoms with van der Waals surface area (Å²) < 4.78 is 5.40. The molecule has 6 heteroatoms. The van der Waals surface area contributed by atoms with E-state index in [-0.39, 0.29) is 11.8 Å². The summed E-state index contributed by atoms with van der Waals surface area (Å²) in [5.41, 5.74) is 1.73. The molecule has 0 saturated carbocycles. The van der Waals surface area contributed by atoms with Gasteiger partial charge in [-0.3, -0.25) is 9.59 Å². The molecular formula is C20H21ClN2O3. The Balaban J connectivity index is 1.56. The molecule has 5 nitrogen and oxygen atoms in total. The van der Waals surface area contributed by atoms with Gasteiger partial charge in [0.1, 0.15) is 11.7 Å². The van der Waals surface area contributed by atoms with Crippen molar-refractivity contribution in [3.05, 3.63) is 59.1 Å². The lowest BCUT2D eigenvalue weighted by molar-refractivity contribution is -0.132. The van der Waals surface area contributed by atoms with E-state index < -0.39 is 5.92 Å². The largest absolute Gasteiger partial charge is 0.494 e. The number of nitrogens with zero attached hydrogens (tertiary/aromatic N) is 1. The van der Waals surface area contributed by atoms with Gasteiger partial charge in [-0.05, 0) is 55.3 Å². The van der Waals surface area contributed by atoms with E-state index in [1.54, 1.807) is 29.2 Å². The number of nitrogens with one attached hydrogen (secondary N) is 1. The van der Waals surface area contributed by atoms with Gasteiger partial charge in [-0.25, -0.2) is 0 Å². The predicted molar refractivity (Wildman–Crippen MR) is 101 cm³/mol. The molecule has 1 heterocycles. The van der Waals surface area contributed by atoms with E-state index in [0.29, 0.717) is 31.1 Å². The van der Waals surface area contributed by atoms with E-state index >= 15 is 0 Å². The third kappa shape index (κ3) is 4.17. The van der Waals surface area contributed by atoms with Gasteiger partial charge in [0.15, 0.2) is 0 Å². The maximum atomic E-state index is 12.6. The molecule has 0 bridgehead atoms. The molecule has 136 valence electrons. The van der Waals surface area contributed by atoms with Crippen molar-refractivity contribution in [3.63, 3.8) is 0 Å². The van der Waals surface area contributed by atoms with Crippen molar-refractivity contribution in [1.82, 2.24) is 5.32 Å². The molecule has 0 unspecified atom stereocenters. The second kappa shape index (κ2) is 8.23. The lowest BCUT2D eigenvalue weighted by atomic mass is 10.1. The van der Waals surface area contributed by atoms with Crippen LogP contribution >= 0.6 is 11.6 Å². The number of hydrogen-bond donors (Lipinski definition) is 1. The van der Waals surface area contributed by atoms with Crippen LogP contribution in [0.15, 0.2) is 48.5 Å². The summed E-state index contributed by atoms with van der Waals surface area (Å²) in [5, 5.41) is 3.47. The highest BCUT2D eigenvalue weighted by molar-refractivity contribution is 6.30. The van der Waals surface area contributed by atoms with Gasteiger partial charge < -0.3 is 15.0 Å². The Morgan fingerprint density at radius 1 is 1.19 bits per heavy atom. The first kappa shape index (κ1) is 18.3. The molecule has 3 rings (SSSR count). The molecule has 2 aromatic rings. The number of halogens is 1. The van der Waals surface area contributed by atoms with E-state index in [9.17, 15) is 9.59 Å². The maximum Gasteiger partial charge on any atom is 0.239 e. The standard InChI is InChI=1S/C20H21ClN2O3/c1-2-26-17-9-3-14(4-10-17)13-22-19(24)18-11-12-23(20(18)25)16-7-5-15(21)6-8-16/h3-10,18H,2,11-13H2,1H3,(H,22,24)/t18-/m1/s1. The van der Waals surface area contributed by atoms with Crippen molar-refractivity contribution < 1.29 is 14.3 Å². The first-order chi connectivity index (χ1) is 12.6. The van der Waals surface area contributed by atoms with Crippen molar-refractivity contribution >= 4 is 29.1 Å². The first-order valence-corrected chi connectivity index (χ1v) is 9.02. The molecule has 1 N–H and O–H groups in total. The van der Waals surface area contributed by atoms with E-state index in [1.165, 1.54) is 0 Å². The van der Waals surface area contributed by atoms with Gasteiger partial charge in [0.05, 0.1) is 6.61 Å². The number of amides is 2. The fourth-order valence-electron chi connectivity index (χ4n) is 2.98. The number of benzene rings is 2. The highest BCUT2D eigenvalue weighted by Crippen LogP contribution is 2.26. The van der Waals surface area contributed by atoms with Crippen molar-refractivity contribution in [2.24, 2.45) is 5.92 Å². The van der Waals surface area contributed by atoms with Crippen molar-refractivity contribution in [1.29, 1.82) is 0 Å². The monoisotopic (exact) mass is 372 g/mol. The highest BCUT2D eigenvalue weighted by atomic mass is 35.5. The smallest absolute Gasteiger partial charge is 0.239 e. The number of carbonyl (C=O) groups excluding carboxylic acids is 2. The summed E-state index contributed by atoms with van der Waals surface area (Å²) in [4.78, 5) is 26.6. The van der Waals surface area contributed by atoms with Gasteiger partial charge >= 0.3 is 0 Å². The molecular weight excluding hydrogens is 352 g/mol. The number of hydrogen-bond acceptors (Lipinski definition) is 3. The topological polar surface area (TPSA) is 58.6 Å². The molecule has 1 aliphatic heterocycles. The van der Waals surface area contributed by atoms with Gasteiger partial charge in [-0.15, -0.1) is 0 Å². The molecule has 26 heavy (non-hydrogen) atoms. The Labute approximate surface area is 157 Å². The van der Waals surface area contributed by atoms with E-state index in [2.05, 4.69) is 5.32 Å². The molecule has 0 aromatic heterocycles. The summed E-state index contributed by atoms with van der Waals surface area (Å²) in [6, 6.07) is 14.6. The average Bonchev–Trinajstić information content (AvgIpc) is 3.03. The van der Waals surface area contributed by atoms with Gasteiger partial charge in [-0.2, -0.15) is 0 Å². The molecule has 1 atom stereocenters. The summed E-state index contributed by atoms with van der Waals surface area (Å²) in [7, 11) is 0. The van der Waals surface area contributed by atoms with Crippen LogP contribution < -0.4 is 15.0 Å². The lowest BCUT2D eigenvalue weighted by Crippen LogP contribution is -2.36. The van der Waals surface area contributed by atoms with Gasteiger partial charge in [0, 0.05) is 23.8 Å².